The summed E-state index contributed by atoms with van der Waals surface area (Å²) < 4.78 is 10.5. The molecule has 1 atom stereocenters. The zero-order chi connectivity index (χ0) is 20.3. The third-order valence-electron chi connectivity index (χ3n) is 4.67. The molecule has 6 heteroatoms. The van der Waals surface area contributed by atoms with Crippen molar-refractivity contribution in [3.63, 3.8) is 0 Å². The van der Waals surface area contributed by atoms with E-state index >= 15 is 0 Å². The molecule has 0 unspecified atom stereocenters. The van der Waals surface area contributed by atoms with Gasteiger partial charge in [-0.15, -0.1) is 0 Å². The molecule has 0 aliphatic rings. The predicted molar refractivity (Wildman–Crippen MR) is 105 cm³/mol. The van der Waals surface area contributed by atoms with Crippen molar-refractivity contribution < 1.29 is 18.7 Å². The van der Waals surface area contributed by atoms with Crippen LogP contribution in [-0.2, 0) is 9.53 Å². The summed E-state index contributed by atoms with van der Waals surface area (Å²) in [6.07, 6.45) is 0. The number of nitrogens with zero attached hydrogens (tertiary/aromatic N) is 1. The summed E-state index contributed by atoms with van der Waals surface area (Å²) in [5, 5.41) is 0.393. The first kappa shape index (κ1) is 19.4. The number of fused-ring (bicyclic) bond motifs is 1. The first-order valence-corrected chi connectivity index (χ1v) is 8.89. The van der Waals surface area contributed by atoms with Crippen LogP contribution in [0.25, 0.3) is 11.0 Å². The molecule has 1 amide bonds. The van der Waals surface area contributed by atoms with Crippen molar-refractivity contribution in [1.29, 1.82) is 0 Å². The Balaban J connectivity index is 1.68. The molecule has 3 aromatic rings. The van der Waals surface area contributed by atoms with Crippen LogP contribution in [0.1, 0.15) is 34.6 Å². The van der Waals surface area contributed by atoms with Gasteiger partial charge in [0.15, 0.2) is 12.0 Å². The fraction of sp³-hybridized carbons (Fsp3) is 0.227. The van der Waals surface area contributed by atoms with E-state index in [1.54, 1.807) is 25.2 Å². The molecule has 1 heterocycles. The summed E-state index contributed by atoms with van der Waals surface area (Å²) in [7, 11) is 1.65. The molecule has 6 nitrogen and oxygen atoms in total. The molecule has 0 aliphatic heterocycles. The van der Waals surface area contributed by atoms with Gasteiger partial charge in [0.25, 0.3) is 5.91 Å². The lowest BCUT2D eigenvalue weighted by Crippen LogP contribution is -2.33. The van der Waals surface area contributed by atoms with Crippen molar-refractivity contribution in [3.05, 3.63) is 81.7 Å². The van der Waals surface area contributed by atoms with Crippen molar-refractivity contribution in [2.45, 2.75) is 19.9 Å². The van der Waals surface area contributed by atoms with Crippen LogP contribution in [0.3, 0.4) is 0 Å². The van der Waals surface area contributed by atoms with Crippen molar-refractivity contribution in [2.75, 3.05) is 13.7 Å². The maximum Gasteiger partial charge on any atom is 0.374 e. The summed E-state index contributed by atoms with van der Waals surface area (Å²) in [6, 6.07) is 15.6. The van der Waals surface area contributed by atoms with E-state index in [1.807, 2.05) is 44.2 Å². The normalized spacial score (nSPS) is 11.8. The molecule has 0 saturated heterocycles. The number of carbonyl (C=O) groups is 2. The third-order valence-corrected chi connectivity index (χ3v) is 4.67. The van der Waals surface area contributed by atoms with Crippen molar-refractivity contribution in [3.8, 4) is 0 Å². The van der Waals surface area contributed by atoms with Crippen molar-refractivity contribution in [2.24, 2.45) is 0 Å². The van der Waals surface area contributed by atoms with Gasteiger partial charge < -0.3 is 14.1 Å². The average Bonchev–Trinajstić information content (AvgIpc) is 2.71. The van der Waals surface area contributed by atoms with Crippen LogP contribution >= 0.6 is 0 Å². The van der Waals surface area contributed by atoms with Gasteiger partial charge >= 0.3 is 5.97 Å². The largest absolute Gasteiger partial charge is 0.450 e. The number of hydrogen-bond donors (Lipinski definition) is 0. The summed E-state index contributed by atoms with van der Waals surface area (Å²) >= 11 is 0. The molecule has 28 heavy (non-hydrogen) atoms. The number of carbonyl (C=O) groups excluding carboxylic acids is 2. The van der Waals surface area contributed by atoms with Crippen LogP contribution in [0.15, 0.2) is 63.8 Å². The molecule has 0 radical (unpaired) electrons. The van der Waals surface area contributed by atoms with E-state index in [0.29, 0.717) is 11.0 Å². The van der Waals surface area contributed by atoms with Crippen LogP contribution < -0.4 is 5.43 Å². The van der Waals surface area contributed by atoms with E-state index in [1.165, 1.54) is 4.90 Å². The molecule has 0 spiro atoms. The molecule has 0 aliphatic carbocycles. The Morgan fingerprint density at radius 3 is 2.54 bits per heavy atom. The first-order valence-electron chi connectivity index (χ1n) is 8.89. The van der Waals surface area contributed by atoms with Crippen LogP contribution in [-0.4, -0.2) is 30.4 Å². The Hall–Kier alpha value is -3.41. The topological polar surface area (TPSA) is 76.8 Å². The minimum Gasteiger partial charge on any atom is -0.450 e. The SMILES string of the molecule is Cc1ccc2oc(C(=O)OCC(=O)N(C)[C@H](C)c3ccccc3)cc(=O)c2c1. The van der Waals surface area contributed by atoms with E-state index in [2.05, 4.69) is 0 Å². The van der Waals surface area contributed by atoms with Gasteiger partial charge in [0.05, 0.1) is 11.4 Å². The molecular formula is C22H21NO5. The minimum absolute atomic E-state index is 0.172. The molecule has 3 rings (SSSR count). The van der Waals surface area contributed by atoms with Crippen molar-refractivity contribution >= 4 is 22.8 Å². The standard InChI is InChI=1S/C22H21NO5/c1-14-9-10-19-17(11-14)18(24)12-20(28-19)22(26)27-13-21(25)23(3)15(2)16-7-5-4-6-8-16/h4-12,15H,13H2,1-3H3/t15-/m1/s1. The fourth-order valence-electron chi connectivity index (χ4n) is 2.84. The maximum atomic E-state index is 12.4. The zero-order valence-electron chi connectivity index (χ0n) is 16.0. The van der Waals surface area contributed by atoms with Crippen LogP contribution in [0.4, 0.5) is 0 Å². The summed E-state index contributed by atoms with van der Waals surface area (Å²) in [4.78, 5) is 38.3. The highest BCUT2D eigenvalue weighted by molar-refractivity contribution is 5.90. The second kappa shape index (κ2) is 8.08. The Morgan fingerprint density at radius 1 is 1.11 bits per heavy atom. The minimum atomic E-state index is -0.853. The molecule has 0 N–H and O–H groups in total. The predicted octanol–water partition coefficient (Wildman–Crippen LogP) is 3.48. The van der Waals surface area contributed by atoms with Gasteiger partial charge in [0.2, 0.25) is 5.76 Å². The molecule has 2 aromatic carbocycles. The maximum absolute atomic E-state index is 12.4. The summed E-state index contributed by atoms with van der Waals surface area (Å²) in [5.41, 5.74) is 1.85. The quantitative estimate of drug-likeness (QED) is 0.635. The molecule has 0 bridgehead atoms. The van der Waals surface area contributed by atoms with Crippen LogP contribution in [0.2, 0.25) is 0 Å². The van der Waals surface area contributed by atoms with E-state index in [9.17, 15) is 14.4 Å². The van der Waals surface area contributed by atoms with E-state index in [-0.39, 0.29) is 23.1 Å². The van der Waals surface area contributed by atoms with Gasteiger partial charge in [-0.05, 0) is 31.5 Å². The highest BCUT2D eigenvalue weighted by atomic mass is 16.5. The van der Waals surface area contributed by atoms with E-state index < -0.39 is 12.6 Å². The van der Waals surface area contributed by atoms with Crippen LogP contribution in [0.5, 0.6) is 0 Å². The highest BCUT2D eigenvalue weighted by Crippen LogP contribution is 2.18. The van der Waals surface area contributed by atoms with Gasteiger partial charge in [-0.3, -0.25) is 9.59 Å². The first-order chi connectivity index (χ1) is 13.4. The summed E-state index contributed by atoms with van der Waals surface area (Å²) in [5.74, 6) is -1.44. The number of ether oxygens (including phenoxy) is 1. The Labute approximate surface area is 162 Å². The monoisotopic (exact) mass is 379 g/mol. The fourth-order valence-corrected chi connectivity index (χ4v) is 2.84. The van der Waals surface area contributed by atoms with Crippen molar-refractivity contribution in [1.82, 2.24) is 4.90 Å². The number of esters is 1. The number of amides is 1. The van der Waals surface area contributed by atoms with E-state index in [0.717, 1.165) is 17.2 Å². The van der Waals surface area contributed by atoms with E-state index in [4.69, 9.17) is 9.15 Å². The highest BCUT2D eigenvalue weighted by Gasteiger charge is 2.20. The lowest BCUT2D eigenvalue weighted by Gasteiger charge is -2.25. The Morgan fingerprint density at radius 2 is 1.82 bits per heavy atom. The molecule has 1 aromatic heterocycles. The number of aryl methyl sites for hydroxylation is 1. The van der Waals surface area contributed by atoms with Gasteiger partial charge in [-0.25, -0.2) is 4.79 Å². The van der Waals surface area contributed by atoms with Gasteiger partial charge in [0, 0.05) is 13.1 Å². The lowest BCUT2D eigenvalue weighted by atomic mass is 10.1. The molecular weight excluding hydrogens is 358 g/mol. The molecule has 0 fully saturated rings. The second-order valence-electron chi connectivity index (χ2n) is 6.64. The van der Waals surface area contributed by atoms with Gasteiger partial charge in [-0.1, -0.05) is 42.0 Å². The van der Waals surface area contributed by atoms with Gasteiger partial charge in [-0.2, -0.15) is 0 Å². The average molecular weight is 379 g/mol. The smallest absolute Gasteiger partial charge is 0.374 e. The zero-order valence-corrected chi connectivity index (χ0v) is 16.0. The Kier molecular flexibility index (Phi) is 5.59. The Bertz CT molecular complexity index is 1070. The number of rotatable bonds is 5. The number of hydrogen-bond acceptors (Lipinski definition) is 5. The second-order valence-corrected chi connectivity index (χ2v) is 6.64. The molecule has 0 saturated carbocycles. The number of benzene rings is 2. The molecule has 144 valence electrons. The lowest BCUT2D eigenvalue weighted by molar-refractivity contribution is -0.135. The number of likely N-dealkylation sites (N-methyl/N-ethyl adjacent to an activating group) is 1. The van der Waals surface area contributed by atoms with Gasteiger partial charge in [0.1, 0.15) is 5.58 Å². The third kappa shape index (κ3) is 4.11. The summed E-state index contributed by atoms with van der Waals surface area (Å²) in [6.45, 7) is 3.31. The van der Waals surface area contributed by atoms with Crippen LogP contribution in [0, 0.1) is 6.92 Å².